The summed E-state index contributed by atoms with van der Waals surface area (Å²) < 4.78 is 26.7. The second kappa shape index (κ2) is 6.57. The first-order valence-electron chi connectivity index (χ1n) is 7.26. The summed E-state index contributed by atoms with van der Waals surface area (Å²) in [6.45, 7) is 0.224. The van der Waals surface area contributed by atoms with Gasteiger partial charge in [-0.2, -0.15) is 0 Å². The summed E-state index contributed by atoms with van der Waals surface area (Å²) in [5.74, 6) is -1.99. The van der Waals surface area contributed by atoms with E-state index in [1.54, 1.807) is 0 Å². The van der Waals surface area contributed by atoms with Crippen molar-refractivity contribution in [2.45, 2.75) is 12.5 Å². The number of rotatable bonds is 3. The minimum Gasteiger partial charge on any atom is -0.347 e. The molecule has 1 saturated heterocycles. The highest BCUT2D eigenvalue weighted by molar-refractivity contribution is 6.33. The van der Waals surface area contributed by atoms with Crippen molar-refractivity contribution in [3.05, 3.63) is 64.7 Å². The lowest BCUT2D eigenvalue weighted by Crippen LogP contribution is -2.37. The van der Waals surface area contributed by atoms with Gasteiger partial charge in [-0.15, -0.1) is 0 Å². The molecule has 0 bridgehead atoms. The fourth-order valence-corrected chi connectivity index (χ4v) is 2.90. The maximum absolute atomic E-state index is 13.8. The third kappa shape index (κ3) is 3.23. The van der Waals surface area contributed by atoms with E-state index in [4.69, 9.17) is 11.6 Å². The Hall–Kier alpha value is -2.47. The molecular formula is C17H13ClF2N2O2. The predicted molar refractivity (Wildman–Crippen MR) is 86.0 cm³/mol. The first-order chi connectivity index (χ1) is 11.5. The van der Waals surface area contributed by atoms with E-state index < -0.39 is 23.6 Å². The highest BCUT2D eigenvalue weighted by Crippen LogP contribution is 2.23. The van der Waals surface area contributed by atoms with Crippen LogP contribution in [0.3, 0.4) is 0 Å². The summed E-state index contributed by atoms with van der Waals surface area (Å²) in [5.41, 5.74) is 0.300. The first-order valence-corrected chi connectivity index (χ1v) is 7.64. The number of nitrogens with zero attached hydrogens (tertiary/aromatic N) is 1. The zero-order chi connectivity index (χ0) is 17.3. The van der Waals surface area contributed by atoms with Gasteiger partial charge in [-0.3, -0.25) is 9.59 Å². The van der Waals surface area contributed by atoms with Crippen LogP contribution in [-0.2, 0) is 4.79 Å². The molecule has 1 unspecified atom stereocenters. The van der Waals surface area contributed by atoms with Crippen LogP contribution in [0, 0.1) is 11.6 Å². The van der Waals surface area contributed by atoms with E-state index in [9.17, 15) is 18.4 Å². The average molecular weight is 351 g/mol. The van der Waals surface area contributed by atoms with Crippen molar-refractivity contribution in [3.63, 3.8) is 0 Å². The maximum Gasteiger partial charge on any atom is 0.256 e. The molecule has 4 nitrogen and oxygen atoms in total. The van der Waals surface area contributed by atoms with Crippen molar-refractivity contribution in [2.24, 2.45) is 0 Å². The second-order valence-corrected chi connectivity index (χ2v) is 5.86. The van der Waals surface area contributed by atoms with Crippen LogP contribution in [0.1, 0.15) is 16.8 Å². The molecule has 1 aliphatic heterocycles. The van der Waals surface area contributed by atoms with Gasteiger partial charge < -0.3 is 10.2 Å². The number of carbonyl (C=O) groups excluding carboxylic acids is 2. The van der Waals surface area contributed by atoms with Crippen molar-refractivity contribution >= 4 is 29.1 Å². The van der Waals surface area contributed by atoms with Gasteiger partial charge >= 0.3 is 0 Å². The number of benzene rings is 2. The lowest BCUT2D eigenvalue weighted by atomic mass is 10.1. The summed E-state index contributed by atoms with van der Waals surface area (Å²) >= 11 is 5.86. The molecule has 0 aliphatic carbocycles. The Bertz CT molecular complexity index is 775. The van der Waals surface area contributed by atoms with E-state index in [-0.39, 0.29) is 29.5 Å². The van der Waals surface area contributed by atoms with Crippen molar-refractivity contribution in [3.8, 4) is 0 Å². The molecule has 3 rings (SSSR count). The molecule has 2 aromatic carbocycles. The molecule has 1 aliphatic rings. The van der Waals surface area contributed by atoms with Crippen LogP contribution in [0.2, 0.25) is 5.02 Å². The molecule has 1 N–H and O–H groups in total. The molecule has 1 heterocycles. The van der Waals surface area contributed by atoms with Crippen LogP contribution in [-0.4, -0.2) is 24.4 Å². The van der Waals surface area contributed by atoms with E-state index in [1.807, 2.05) is 0 Å². The third-order valence-electron chi connectivity index (χ3n) is 3.79. The maximum atomic E-state index is 13.8. The van der Waals surface area contributed by atoms with Gasteiger partial charge in [0.1, 0.15) is 11.6 Å². The topological polar surface area (TPSA) is 49.4 Å². The number of hydrogen-bond acceptors (Lipinski definition) is 2. The van der Waals surface area contributed by atoms with Gasteiger partial charge in [0.15, 0.2) is 0 Å². The monoisotopic (exact) mass is 350 g/mol. The first kappa shape index (κ1) is 16.4. The third-order valence-corrected chi connectivity index (χ3v) is 4.10. The summed E-state index contributed by atoms with van der Waals surface area (Å²) in [6.07, 6.45) is 0.0786. The highest BCUT2D eigenvalue weighted by Gasteiger charge is 2.32. The molecule has 0 saturated carbocycles. The van der Waals surface area contributed by atoms with Gasteiger partial charge in [-0.25, -0.2) is 8.78 Å². The van der Waals surface area contributed by atoms with Gasteiger partial charge in [0.25, 0.3) is 5.91 Å². The summed E-state index contributed by atoms with van der Waals surface area (Å²) in [6, 6.07) is 8.99. The number of hydrogen-bond donors (Lipinski definition) is 1. The molecule has 124 valence electrons. The SMILES string of the molecule is O=C(NC1CC(=O)N(c2ccc(F)cc2)C1)c1c(F)cccc1Cl. The summed E-state index contributed by atoms with van der Waals surface area (Å²) in [4.78, 5) is 25.8. The van der Waals surface area contributed by atoms with Crippen LogP contribution in [0.4, 0.5) is 14.5 Å². The standard InChI is InChI=1S/C17H13ClF2N2O2/c18-13-2-1-3-14(20)16(13)17(24)21-11-8-15(23)22(9-11)12-6-4-10(19)5-7-12/h1-7,11H,8-9H2,(H,21,24). The molecule has 1 fully saturated rings. The Balaban J connectivity index is 1.72. The number of amides is 2. The van der Waals surface area contributed by atoms with Crippen molar-refractivity contribution in [1.29, 1.82) is 0 Å². The molecule has 2 amide bonds. The number of nitrogens with one attached hydrogen (secondary N) is 1. The van der Waals surface area contributed by atoms with Crippen LogP contribution in [0.5, 0.6) is 0 Å². The smallest absolute Gasteiger partial charge is 0.256 e. The molecule has 24 heavy (non-hydrogen) atoms. The van der Waals surface area contributed by atoms with E-state index in [0.29, 0.717) is 5.69 Å². The minimum absolute atomic E-state index is 0.00668. The molecule has 0 spiro atoms. The Morgan fingerprint density at radius 1 is 1.17 bits per heavy atom. The lowest BCUT2D eigenvalue weighted by molar-refractivity contribution is -0.117. The zero-order valence-electron chi connectivity index (χ0n) is 12.4. The van der Waals surface area contributed by atoms with E-state index in [0.717, 1.165) is 6.07 Å². The lowest BCUT2D eigenvalue weighted by Gasteiger charge is -2.17. The van der Waals surface area contributed by atoms with E-state index in [1.165, 1.54) is 41.3 Å². The average Bonchev–Trinajstić information content (AvgIpc) is 2.88. The zero-order valence-corrected chi connectivity index (χ0v) is 13.2. The van der Waals surface area contributed by atoms with Crippen molar-refractivity contribution in [1.82, 2.24) is 5.32 Å². The van der Waals surface area contributed by atoms with Crippen LogP contribution >= 0.6 is 11.6 Å². The Kier molecular flexibility index (Phi) is 4.49. The van der Waals surface area contributed by atoms with Crippen molar-refractivity contribution < 1.29 is 18.4 Å². The number of halogens is 3. The largest absolute Gasteiger partial charge is 0.347 e. The normalized spacial score (nSPS) is 17.2. The molecule has 7 heteroatoms. The Labute approximate surface area is 142 Å². The van der Waals surface area contributed by atoms with Crippen LogP contribution in [0.25, 0.3) is 0 Å². The van der Waals surface area contributed by atoms with E-state index >= 15 is 0 Å². The van der Waals surface area contributed by atoms with E-state index in [2.05, 4.69) is 5.32 Å². The van der Waals surface area contributed by atoms with Gasteiger partial charge in [-0.1, -0.05) is 17.7 Å². The molecule has 0 aromatic heterocycles. The van der Waals surface area contributed by atoms with Gasteiger partial charge in [0.05, 0.1) is 16.6 Å². The van der Waals surface area contributed by atoms with Gasteiger partial charge in [-0.05, 0) is 36.4 Å². The molecule has 0 radical (unpaired) electrons. The van der Waals surface area contributed by atoms with Crippen molar-refractivity contribution in [2.75, 3.05) is 11.4 Å². The highest BCUT2D eigenvalue weighted by atomic mass is 35.5. The fourth-order valence-electron chi connectivity index (χ4n) is 2.65. The van der Waals surface area contributed by atoms with Gasteiger partial charge in [0.2, 0.25) is 5.91 Å². The minimum atomic E-state index is -0.722. The number of carbonyl (C=O) groups is 2. The molecule has 1 atom stereocenters. The number of anilines is 1. The predicted octanol–water partition coefficient (Wildman–Crippen LogP) is 3.15. The molecular weight excluding hydrogens is 338 g/mol. The molecule has 2 aromatic rings. The van der Waals surface area contributed by atoms with Crippen LogP contribution < -0.4 is 10.2 Å². The van der Waals surface area contributed by atoms with Gasteiger partial charge in [0, 0.05) is 18.7 Å². The Morgan fingerprint density at radius 2 is 1.88 bits per heavy atom. The second-order valence-electron chi connectivity index (χ2n) is 5.45. The Morgan fingerprint density at radius 3 is 2.54 bits per heavy atom. The fraction of sp³-hybridized carbons (Fsp3) is 0.176. The summed E-state index contributed by atoms with van der Waals surface area (Å²) in [7, 11) is 0. The summed E-state index contributed by atoms with van der Waals surface area (Å²) in [5, 5.41) is 2.63. The van der Waals surface area contributed by atoms with Crippen LogP contribution in [0.15, 0.2) is 42.5 Å². The quantitative estimate of drug-likeness (QED) is 0.924.